The fraction of sp³-hybridized carbons (Fsp3) is 0.450. The van der Waals surface area contributed by atoms with Crippen molar-refractivity contribution in [3.8, 4) is 0 Å². The molecule has 0 saturated carbocycles. The Hall–Kier alpha value is -1.92. The number of rotatable bonds is 5. The molecule has 140 valence electrons. The third-order valence-corrected chi connectivity index (χ3v) is 7.09. The third kappa shape index (κ3) is 3.12. The summed E-state index contributed by atoms with van der Waals surface area (Å²) in [7, 11) is -3.58. The van der Waals surface area contributed by atoms with Gasteiger partial charge in [0.25, 0.3) is 5.56 Å². The van der Waals surface area contributed by atoms with Crippen molar-refractivity contribution in [2.45, 2.75) is 65.1 Å². The van der Waals surface area contributed by atoms with Crippen LogP contribution < -0.4 is 5.56 Å². The number of unbranched alkanes of at least 4 members (excludes halogenated alkanes) is 1. The van der Waals surface area contributed by atoms with Gasteiger partial charge in [0.2, 0.25) is 10.0 Å². The van der Waals surface area contributed by atoms with Gasteiger partial charge in [0.05, 0.1) is 4.90 Å². The average molecular weight is 375 g/mol. The van der Waals surface area contributed by atoms with Gasteiger partial charge in [0.15, 0.2) is 0 Å². The Morgan fingerprint density at radius 1 is 1.00 bits per heavy atom. The smallest absolute Gasteiger partial charge is 0.253 e. The van der Waals surface area contributed by atoms with E-state index in [1.165, 1.54) is 4.31 Å². The van der Waals surface area contributed by atoms with E-state index < -0.39 is 10.0 Å². The maximum absolute atomic E-state index is 13.0. The highest BCUT2D eigenvalue weighted by Crippen LogP contribution is 2.31. The van der Waals surface area contributed by atoms with Crippen molar-refractivity contribution in [1.29, 1.82) is 0 Å². The summed E-state index contributed by atoms with van der Waals surface area (Å²) in [6.45, 7) is 9.03. The van der Waals surface area contributed by atoms with E-state index in [4.69, 9.17) is 0 Å². The lowest BCUT2D eigenvalue weighted by Gasteiger charge is -2.16. The fourth-order valence-electron chi connectivity index (χ4n) is 3.54. The van der Waals surface area contributed by atoms with Gasteiger partial charge in [-0.25, -0.2) is 8.42 Å². The Bertz CT molecular complexity index is 989. The van der Waals surface area contributed by atoms with Crippen molar-refractivity contribution in [1.82, 2.24) is 8.87 Å². The summed E-state index contributed by atoms with van der Waals surface area (Å²) in [6.07, 6.45) is 1.94. The van der Waals surface area contributed by atoms with Crippen LogP contribution in [0.5, 0.6) is 0 Å². The molecule has 1 aliphatic heterocycles. The maximum Gasteiger partial charge on any atom is 0.253 e. The van der Waals surface area contributed by atoms with Crippen LogP contribution in [0.4, 0.5) is 0 Å². The first-order valence-electron chi connectivity index (χ1n) is 9.06. The van der Waals surface area contributed by atoms with Crippen LogP contribution in [0.15, 0.2) is 34.0 Å². The highest BCUT2D eigenvalue weighted by Gasteiger charge is 2.34. The van der Waals surface area contributed by atoms with Gasteiger partial charge in [-0.05, 0) is 50.5 Å². The minimum absolute atomic E-state index is 0.00397. The van der Waals surface area contributed by atoms with E-state index in [2.05, 4.69) is 6.92 Å². The summed E-state index contributed by atoms with van der Waals surface area (Å²) in [5.74, 6) is 0. The lowest BCUT2D eigenvalue weighted by molar-refractivity contribution is 0.430. The molecule has 0 atom stereocenters. The van der Waals surface area contributed by atoms with Gasteiger partial charge < -0.3 is 4.57 Å². The molecule has 0 radical (unpaired) electrons. The highest BCUT2D eigenvalue weighted by atomic mass is 32.2. The summed E-state index contributed by atoms with van der Waals surface area (Å²) in [5.41, 5.74) is 4.44. The minimum atomic E-state index is -3.58. The minimum Gasteiger partial charge on any atom is -0.312 e. The van der Waals surface area contributed by atoms with Gasteiger partial charge in [-0.2, -0.15) is 4.31 Å². The molecule has 0 fully saturated rings. The first kappa shape index (κ1) is 18.9. The van der Waals surface area contributed by atoms with Gasteiger partial charge in [0, 0.05) is 30.9 Å². The molecule has 1 aromatic carbocycles. The number of hydrogen-bond acceptors (Lipinski definition) is 3. The molecule has 0 spiro atoms. The molecule has 2 aromatic rings. The second kappa shape index (κ2) is 7.00. The van der Waals surface area contributed by atoms with Crippen LogP contribution >= 0.6 is 0 Å². The van der Waals surface area contributed by atoms with Gasteiger partial charge in [0.1, 0.15) is 0 Å². The molecule has 0 bridgehead atoms. The Morgan fingerprint density at radius 3 is 2.23 bits per heavy atom. The zero-order valence-electron chi connectivity index (χ0n) is 15.9. The van der Waals surface area contributed by atoms with Crippen LogP contribution in [0.1, 0.15) is 47.7 Å². The average Bonchev–Trinajstić information content (AvgIpc) is 3.07. The second-order valence-corrected chi connectivity index (χ2v) is 9.00. The molecule has 26 heavy (non-hydrogen) atoms. The molecule has 1 aliphatic rings. The quantitative estimate of drug-likeness (QED) is 0.807. The predicted octanol–water partition coefficient (Wildman–Crippen LogP) is 3.28. The molecule has 5 nitrogen and oxygen atoms in total. The molecule has 0 unspecified atom stereocenters. The van der Waals surface area contributed by atoms with Crippen LogP contribution in [-0.4, -0.2) is 17.3 Å². The maximum atomic E-state index is 13.0. The monoisotopic (exact) mass is 374 g/mol. The first-order valence-corrected chi connectivity index (χ1v) is 10.5. The first-order chi connectivity index (χ1) is 12.3. The molecule has 0 aliphatic carbocycles. The molecule has 0 N–H and O–H groups in total. The fourth-order valence-corrected chi connectivity index (χ4v) is 4.91. The molecule has 3 rings (SSSR count). The molecule has 1 aromatic heterocycles. The van der Waals surface area contributed by atoms with Crippen LogP contribution in [-0.2, 0) is 29.7 Å². The van der Waals surface area contributed by atoms with Crippen molar-refractivity contribution in [2.24, 2.45) is 0 Å². The van der Waals surface area contributed by atoms with Crippen LogP contribution in [0.25, 0.3) is 0 Å². The number of nitrogens with zero attached hydrogens (tertiary/aromatic N) is 2. The van der Waals surface area contributed by atoms with Crippen molar-refractivity contribution in [2.75, 3.05) is 0 Å². The Balaban J connectivity index is 2.01. The predicted molar refractivity (Wildman–Crippen MR) is 103 cm³/mol. The lowest BCUT2D eigenvalue weighted by Crippen LogP contribution is -2.27. The van der Waals surface area contributed by atoms with E-state index >= 15 is 0 Å². The highest BCUT2D eigenvalue weighted by molar-refractivity contribution is 7.89. The Morgan fingerprint density at radius 2 is 1.62 bits per heavy atom. The van der Waals surface area contributed by atoms with Crippen molar-refractivity contribution in [3.05, 3.63) is 62.6 Å². The van der Waals surface area contributed by atoms with E-state index in [1.807, 2.05) is 20.8 Å². The third-order valence-electron chi connectivity index (χ3n) is 5.29. The molecule has 2 heterocycles. The zero-order valence-corrected chi connectivity index (χ0v) is 16.7. The van der Waals surface area contributed by atoms with Crippen molar-refractivity contribution >= 4 is 10.0 Å². The van der Waals surface area contributed by atoms with E-state index in [1.54, 1.807) is 28.8 Å². The Labute approximate surface area is 155 Å². The number of aromatic nitrogens is 1. The SMILES string of the molecule is CCCCn1c(C)c2c(c(C)c1=O)CN(S(=O)(=O)c1ccc(C)cc1)C2. The van der Waals surface area contributed by atoms with Crippen LogP contribution in [0, 0.1) is 20.8 Å². The molecule has 0 saturated heterocycles. The summed E-state index contributed by atoms with van der Waals surface area (Å²) in [5, 5.41) is 0. The van der Waals surface area contributed by atoms with Crippen LogP contribution in [0.2, 0.25) is 0 Å². The molecule has 6 heteroatoms. The van der Waals surface area contributed by atoms with E-state index in [9.17, 15) is 13.2 Å². The second-order valence-electron chi connectivity index (χ2n) is 7.06. The van der Waals surface area contributed by atoms with Crippen molar-refractivity contribution in [3.63, 3.8) is 0 Å². The zero-order chi connectivity index (χ0) is 19.1. The number of aryl methyl sites for hydroxylation is 1. The van der Waals surface area contributed by atoms with Gasteiger partial charge in [-0.1, -0.05) is 31.0 Å². The Kier molecular flexibility index (Phi) is 5.08. The van der Waals surface area contributed by atoms with Crippen LogP contribution in [0.3, 0.4) is 0 Å². The topological polar surface area (TPSA) is 59.4 Å². The largest absolute Gasteiger partial charge is 0.312 e. The summed E-state index contributed by atoms with van der Waals surface area (Å²) < 4.78 is 29.3. The van der Waals surface area contributed by atoms with E-state index in [-0.39, 0.29) is 12.1 Å². The van der Waals surface area contributed by atoms with E-state index in [0.29, 0.717) is 23.5 Å². The summed E-state index contributed by atoms with van der Waals surface area (Å²) in [4.78, 5) is 13.0. The standard InChI is InChI=1S/C20H26N2O3S/c1-5-6-11-22-16(4)19-13-21(12-18(19)15(3)20(22)23)26(24,25)17-9-7-14(2)8-10-17/h7-10H,5-6,11-13H2,1-4H3. The molecular formula is C20H26N2O3S. The van der Waals surface area contributed by atoms with Gasteiger partial charge >= 0.3 is 0 Å². The number of fused-ring (bicyclic) bond motifs is 1. The normalized spacial score (nSPS) is 14.6. The van der Waals surface area contributed by atoms with Crippen molar-refractivity contribution < 1.29 is 8.42 Å². The number of hydrogen-bond donors (Lipinski definition) is 0. The number of benzene rings is 1. The molecular weight excluding hydrogens is 348 g/mol. The van der Waals surface area contributed by atoms with Gasteiger partial charge in [-0.3, -0.25) is 4.79 Å². The summed E-state index contributed by atoms with van der Waals surface area (Å²) >= 11 is 0. The van der Waals surface area contributed by atoms with Gasteiger partial charge in [-0.15, -0.1) is 0 Å². The summed E-state index contributed by atoms with van der Waals surface area (Å²) in [6, 6.07) is 6.91. The lowest BCUT2D eigenvalue weighted by atomic mass is 10.0. The number of pyridine rings is 1. The molecule has 0 amide bonds. The van der Waals surface area contributed by atoms with E-state index in [0.717, 1.165) is 35.2 Å². The number of sulfonamides is 1.